The Balaban J connectivity index is 1.38. The molecule has 3 nitrogen and oxygen atoms in total. The summed E-state index contributed by atoms with van der Waals surface area (Å²) in [6.45, 7) is 2.99. The summed E-state index contributed by atoms with van der Waals surface area (Å²) in [7, 11) is 0. The number of unbranched alkanes of at least 4 members (excludes halogenated alkanes) is 5. The summed E-state index contributed by atoms with van der Waals surface area (Å²) in [5, 5.41) is 0.278. The van der Waals surface area contributed by atoms with Crippen molar-refractivity contribution in [3.63, 3.8) is 0 Å². The molecule has 0 radical (unpaired) electrons. The zero-order valence-electron chi connectivity index (χ0n) is 24.9. The summed E-state index contributed by atoms with van der Waals surface area (Å²) >= 11 is 6.28. The van der Waals surface area contributed by atoms with Gasteiger partial charge in [0.1, 0.15) is 11.4 Å². The summed E-state index contributed by atoms with van der Waals surface area (Å²) in [6.07, 6.45) is 26.8. The second-order valence-electron chi connectivity index (χ2n) is 9.98. The Morgan fingerprint density at radius 1 is 0.682 bits per heavy atom. The number of alkyl halides is 3. The highest BCUT2D eigenvalue weighted by molar-refractivity contribution is 6.30. The van der Waals surface area contributed by atoms with Gasteiger partial charge in [-0.05, 0) is 54.0 Å². The lowest BCUT2D eigenvalue weighted by atomic mass is 10.1. The van der Waals surface area contributed by atoms with Crippen molar-refractivity contribution < 1.29 is 17.9 Å². The first-order chi connectivity index (χ1) is 21.3. The first-order valence-electron chi connectivity index (χ1n) is 14.8. The monoisotopic (exact) mass is 618 g/mol. The standard InChI is InChI=1S/C37H38ClF3N2O/c1-2-3-4-5-10-15-28-44-34-26-22-31(23-27-34)17-11-6-8-13-18-33-29-42-35(36(38)43-33)19-14-9-7-12-16-30-20-24-32(25-21-30)37(39,40)41/h6-9,11-14,16-27,29H,2-5,10,15,28H2,1H3/b8-6+,9-7+,16-12+,17-11+,18-13+,19-14+. The third-order valence-corrected chi connectivity index (χ3v) is 6.70. The van der Waals surface area contributed by atoms with Crippen LogP contribution in [0.1, 0.15) is 73.5 Å². The summed E-state index contributed by atoms with van der Waals surface area (Å²) in [6, 6.07) is 13.1. The van der Waals surface area contributed by atoms with E-state index in [-0.39, 0.29) is 5.15 Å². The normalized spacial score (nSPS) is 12.8. The number of ether oxygens (including phenoxy) is 1. The minimum atomic E-state index is -4.34. The van der Waals surface area contributed by atoms with Crippen molar-refractivity contribution in [1.29, 1.82) is 0 Å². The van der Waals surface area contributed by atoms with Gasteiger partial charge in [-0.15, -0.1) is 0 Å². The van der Waals surface area contributed by atoms with Gasteiger partial charge < -0.3 is 4.74 Å². The van der Waals surface area contributed by atoms with E-state index in [2.05, 4.69) is 16.9 Å². The van der Waals surface area contributed by atoms with E-state index >= 15 is 0 Å². The number of halogens is 4. The van der Waals surface area contributed by atoms with Crippen LogP contribution in [0.15, 0.2) is 103 Å². The molecule has 0 fully saturated rings. The van der Waals surface area contributed by atoms with Crippen LogP contribution in [0.2, 0.25) is 5.15 Å². The summed E-state index contributed by atoms with van der Waals surface area (Å²) in [5.41, 5.74) is 2.25. The fourth-order valence-electron chi connectivity index (χ4n) is 4.00. The summed E-state index contributed by atoms with van der Waals surface area (Å²) in [5.74, 6) is 0.902. The van der Waals surface area contributed by atoms with Crippen molar-refractivity contribution >= 4 is 35.9 Å². The van der Waals surface area contributed by atoms with Gasteiger partial charge in [0.2, 0.25) is 0 Å². The number of hydrogen-bond acceptors (Lipinski definition) is 3. The predicted octanol–water partition coefficient (Wildman–Crippen LogP) is 11.5. The molecule has 0 unspecified atom stereocenters. The molecular weight excluding hydrogens is 581 g/mol. The molecule has 0 aliphatic rings. The number of hydrogen-bond donors (Lipinski definition) is 0. The number of nitrogens with zero attached hydrogens (tertiary/aromatic N) is 2. The van der Waals surface area contributed by atoms with E-state index in [1.54, 1.807) is 42.7 Å². The summed E-state index contributed by atoms with van der Waals surface area (Å²) in [4.78, 5) is 8.70. The van der Waals surface area contributed by atoms with Crippen molar-refractivity contribution in [1.82, 2.24) is 9.97 Å². The zero-order chi connectivity index (χ0) is 31.5. The van der Waals surface area contributed by atoms with Crippen LogP contribution in [0, 0.1) is 0 Å². The van der Waals surface area contributed by atoms with Crippen LogP contribution in [0.25, 0.3) is 24.3 Å². The molecule has 7 heteroatoms. The fourth-order valence-corrected chi connectivity index (χ4v) is 4.21. The highest BCUT2D eigenvalue weighted by Crippen LogP contribution is 2.29. The van der Waals surface area contributed by atoms with Crippen molar-refractivity contribution in [2.24, 2.45) is 0 Å². The minimum Gasteiger partial charge on any atom is -0.494 e. The molecule has 0 aliphatic carbocycles. The maximum absolute atomic E-state index is 12.6. The molecule has 0 saturated heterocycles. The molecule has 0 aliphatic heterocycles. The molecule has 2 aromatic carbocycles. The van der Waals surface area contributed by atoms with Crippen LogP contribution in [-0.4, -0.2) is 16.6 Å². The number of allylic oxidation sites excluding steroid dienone is 8. The lowest BCUT2D eigenvalue weighted by Gasteiger charge is -2.06. The summed E-state index contributed by atoms with van der Waals surface area (Å²) < 4.78 is 43.8. The Morgan fingerprint density at radius 2 is 1.23 bits per heavy atom. The third-order valence-electron chi connectivity index (χ3n) is 6.42. The molecule has 3 rings (SSSR count). The van der Waals surface area contributed by atoms with Gasteiger partial charge in [0.05, 0.1) is 24.1 Å². The van der Waals surface area contributed by atoms with E-state index in [4.69, 9.17) is 16.3 Å². The first-order valence-corrected chi connectivity index (χ1v) is 15.2. The van der Waals surface area contributed by atoms with Gasteiger partial charge in [0, 0.05) is 0 Å². The topological polar surface area (TPSA) is 35.0 Å². The van der Waals surface area contributed by atoms with Crippen LogP contribution in [-0.2, 0) is 6.18 Å². The van der Waals surface area contributed by atoms with E-state index in [0.29, 0.717) is 17.0 Å². The second-order valence-corrected chi connectivity index (χ2v) is 10.3. The molecule has 230 valence electrons. The van der Waals surface area contributed by atoms with Gasteiger partial charge in [-0.25, -0.2) is 4.98 Å². The van der Waals surface area contributed by atoms with Gasteiger partial charge in [-0.3, -0.25) is 4.98 Å². The Morgan fingerprint density at radius 3 is 1.82 bits per heavy atom. The van der Waals surface area contributed by atoms with E-state index < -0.39 is 11.7 Å². The van der Waals surface area contributed by atoms with Crippen LogP contribution < -0.4 is 4.74 Å². The largest absolute Gasteiger partial charge is 0.494 e. The first kappa shape index (κ1) is 34.3. The predicted molar refractivity (Wildman–Crippen MR) is 178 cm³/mol. The highest BCUT2D eigenvalue weighted by atomic mass is 35.5. The molecule has 0 amide bonds. The van der Waals surface area contributed by atoms with Crippen LogP contribution in [0.5, 0.6) is 5.75 Å². The molecular formula is C37H38ClF3N2O. The van der Waals surface area contributed by atoms with Crippen LogP contribution in [0.3, 0.4) is 0 Å². The van der Waals surface area contributed by atoms with E-state index in [9.17, 15) is 13.2 Å². The lowest BCUT2D eigenvalue weighted by Crippen LogP contribution is -2.03. The van der Waals surface area contributed by atoms with Gasteiger partial charge in [0.15, 0.2) is 5.15 Å². The number of aromatic nitrogens is 2. The molecule has 0 spiro atoms. The SMILES string of the molecule is CCCCCCCCOc1ccc(/C=C/C=C/C=C/c2cnc(/C=C/C=C/C=C/c3ccc(C(F)(F)F)cc3)c(Cl)n2)cc1. The van der Waals surface area contributed by atoms with Gasteiger partial charge in [-0.2, -0.15) is 13.2 Å². The molecule has 1 aromatic heterocycles. The molecule has 0 saturated carbocycles. The van der Waals surface area contributed by atoms with Crippen molar-refractivity contribution in [3.8, 4) is 5.75 Å². The average molecular weight is 619 g/mol. The molecule has 44 heavy (non-hydrogen) atoms. The average Bonchev–Trinajstić information content (AvgIpc) is 3.01. The zero-order valence-corrected chi connectivity index (χ0v) is 25.6. The van der Waals surface area contributed by atoms with Crippen molar-refractivity contribution in [3.05, 3.63) is 137 Å². The van der Waals surface area contributed by atoms with Gasteiger partial charge in [-0.1, -0.05) is 136 Å². The highest BCUT2D eigenvalue weighted by Gasteiger charge is 2.29. The maximum atomic E-state index is 12.6. The molecule has 0 N–H and O–H groups in total. The quantitative estimate of drug-likeness (QED) is 0.118. The Kier molecular flexibility index (Phi) is 15.0. The molecule has 3 aromatic rings. The Labute approximate surface area is 263 Å². The number of benzene rings is 2. The Hall–Kier alpha value is -4.16. The van der Waals surface area contributed by atoms with Gasteiger partial charge in [0.25, 0.3) is 0 Å². The minimum absolute atomic E-state index is 0.278. The van der Waals surface area contributed by atoms with E-state index in [1.807, 2.05) is 60.7 Å². The van der Waals surface area contributed by atoms with Crippen molar-refractivity contribution in [2.75, 3.05) is 6.61 Å². The van der Waals surface area contributed by atoms with E-state index in [1.165, 1.54) is 44.2 Å². The smallest absolute Gasteiger partial charge is 0.416 e. The van der Waals surface area contributed by atoms with Crippen LogP contribution in [0.4, 0.5) is 13.2 Å². The maximum Gasteiger partial charge on any atom is 0.416 e. The molecule has 0 atom stereocenters. The van der Waals surface area contributed by atoms with Gasteiger partial charge >= 0.3 is 6.18 Å². The second kappa shape index (κ2) is 19.2. The lowest BCUT2D eigenvalue weighted by molar-refractivity contribution is -0.137. The third kappa shape index (κ3) is 13.4. The number of rotatable bonds is 16. The fraction of sp³-hybridized carbons (Fsp3) is 0.243. The van der Waals surface area contributed by atoms with Crippen LogP contribution >= 0.6 is 11.6 Å². The van der Waals surface area contributed by atoms with E-state index in [0.717, 1.165) is 36.5 Å². The van der Waals surface area contributed by atoms with Crippen molar-refractivity contribution in [2.45, 2.75) is 51.6 Å². The molecule has 0 bridgehead atoms. The Bertz CT molecular complexity index is 1450. The molecule has 1 heterocycles.